The summed E-state index contributed by atoms with van der Waals surface area (Å²) in [4.78, 5) is 2.40. The van der Waals surface area contributed by atoms with Crippen molar-refractivity contribution in [3.05, 3.63) is 12.7 Å². The van der Waals surface area contributed by atoms with E-state index in [1.54, 1.807) is 0 Å². The van der Waals surface area contributed by atoms with Crippen LogP contribution in [0.5, 0.6) is 0 Å². The normalized spacial score (nSPS) is 13.3. The fourth-order valence-electron chi connectivity index (χ4n) is 1.59. The highest BCUT2D eigenvalue weighted by atomic mass is 15.2. The van der Waals surface area contributed by atoms with Gasteiger partial charge in [0.1, 0.15) is 0 Å². The van der Waals surface area contributed by atoms with Crippen molar-refractivity contribution in [3.63, 3.8) is 0 Å². The van der Waals surface area contributed by atoms with E-state index in [0.29, 0.717) is 0 Å². The molecule has 0 heterocycles. The highest BCUT2D eigenvalue weighted by molar-refractivity contribution is 4.91. The second-order valence-corrected chi connectivity index (χ2v) is 5.41. The Labute approximate surface area is 95.5 Å². The van der Waals surface area contributed by atoms with Crippen molar-refractivity contribution in [2.24, 2.45) is 5.73 Å². The van der Waals surface area contributed by atoms with Crippen LogP contribution >= 0.6 is 0 Å². The van der Waals surface area contributed by atoms with Crippen LogP contribution in [0.4, 0.5) is 0 Å². The first kappa shape index (κ1) is 14.7. The predicted molar refractivity (Wildman–Crippen MR) is 69.0 cm³/mol. The molecular weight excluding hydrogens is 184 g/mol. The van der Waals surface area contributed by atoms with Crippen LogP contribution in [0.15, 0.2) is 12.7 Å². The van der Waals surface area contributed by atoms with Crippen molar-refractivity contribution in [2.75, 3.05) is 13.1 Å². The molecule has 0 saturated heterocycles. The standard InChI is InChI=1S/C13H28N2/c1-7-10-15(12(4,5)6)11-13(14,8-2)9-3/h7H,1,8-11,14H2,2-6H3. The summed E-state index contributed by atoms with van der Waals surface area (Å²) >= 11 is 0. The molecule has 0 atom stereocenters. The maximum atomic E-state index is 6.35. The quantitative estimate of drug-likeness (QED) is 0.686. The van der Waals surface area contributed by atoms with E-state index in [1.165, 1.54) is 0 Å². The summed E-state index contributed by atoms with van der Waals surface area (Å²) in [6.45, 7) is 16.7. The van der Waals surface area contributed by atoms with E-state index in [0.717, 1.165) is 25.9 Å². The summed E-state index contributed by atoms with van der Waals surface area (Å²) in [6, 6.07) is 0. The maximum Gasteiger partial charge on any atom is 0.0278 e. The van der Waals surface area contributed by atoms with Gasteiger partial charge in [0.25, 0.3) is 0 Å². The fraction of sp³-hybridized carbons (Fsp3) is 0.846. The Balaban J connectivity index is 4.59. The number of nitrogens with two attached hydrogens (primary N) is 1. The molecule has 0 aliphatic carbocycles. The second-order valence-electron chi connectivity index (χ2n) is 5.41. The fourth-order valence-corrected chi connectivity index (χ4v) is 1.59. The first-order valence-electron chi connectivity index (χ1n) is 5.94. The van der Waals surface area contributed by atoms with Gasteiger partial charge in [-0.05, 0) is 33.6 Å². The van der Waals surface area contributed by atoms with Crippen molar-refractivity contribution >= 4 is 0 Å². The van der Waals surface area contributed by atoms with E-state index >= 15 is 0 Å². The minimum absolute atomic E-state index is 0.0592. The Morgan fingerprint density at radius 1 is 1.20 bits per heavy atom. The molecule has 0 aromatic carbocycles. The van der Waals surface area contributed by atoms with E-state index in [1.807, 2.05) is 6.08 Å². The molecule has 0 unspecified atom stereocenters. The lowest BCUT2D eigenvalue weighted by atomic mass is 9.91. The molecule has 0 fully saturated rings. The van der Waals surface area contributed by atoms with Gasteiger partial charge in [0, 0.05) is 24.2 Å². The van der Waals surface area contributed by atoms with Gasteiger partial charge in [-0.15, -0.1) is 6.58 Å². The molecule has 15 heavy (non-hydrogen) atoms. The van der Waals surface area contributed by atoms with Crippen molar-refractivity contribution in [3.8, 4) is 0 Å². The van der Waals surface area contributed by atoms with E-state index in [2.05, 4.69) is 46.1 Å². The Bertz CT molecular complexity index is 187. The first-order valence-corrected chi connectivity index (χ1v) is 5.94. The monoisotopic (exact) mass is 212 g/mol. The molecule has 0 radical (unpaired) electrons. The van der Waals surface area contributed by atoms with Crippen molar-refractivity contribution in [1.82, 2.24) is 4.90 Å². The van der Waals surface area contributed by atoms with Crippen molar-refractivity contribution in [2.45, 2.75) is 58.5 Å². The van der Waals surface area contributed by atoms with Gasteiger partial charge in [-0.1, -0.05) is 19.9 Å². The Morgan fingerprint density at radius 2 is 1.67 bits per heavy atom. The molecule has 2 heteroatoms. The van der Waals surface area contributed by atoms with Crippen LogP contribution in [0.1, 0.15) is 47.5 Å². The maximum absolute atomic E-state index is 6.35. The molecular formula is C13H28N2. The summed E-state index contributed by atoms with van der Waals surface area (Å²) in [5, 5.41) is 0. The van der Waals surface area contributed by atoms with Crippen LogP contribution in [0.2, 0.25) is 0 Å². The Hall–Kier alpha value is -0.340. The zero-order valence-corrected chi connectivity index (χ0v) is 11.1. The highest BCUT2D eigenvalue weighted by Crippen LogP contribution is 2.20. The Kier molecular flexibility index (Phi) is 5.54. The van der Waals surface area contributed by atoms with E-state index in [9.17, 15) is 0 Å². The van der Waals surface area contributed by atoms with Crippen LogP contribution in [0.3, 0.4) is 0 Å². The van der Waals surface area contributed by atoms with Gasteiger partial charge in [-0.2, -0.15) is 0 Å². The van der Waals surface area contributed by atoms with Gasteiger partial charge in [0.2, 0.25) is 0 Å². The van der Waals surface area contributed by atoms with Crippen LogP contribution in [-0.4, -0.2) is 29.1 Å². The summed E-state index contributed by atoms with van der Waals surface area (Å²) in [7, 11) is 0. The van der Waals surface area contributed by atoms with Gasteiger partial charge >= 0.3 is 0 Å². The molecule has 0 aliphatic heterocycles. The molecule has 2 nitrogen and oxygen atoms in total. The smallest absolute Gasteiger partial charge is 0.0278 e. The third-order valence-electron chi connectivity index (χ3n) is 3.21. The lowest BCUT2D eigenvalue weighted by Crippen LogP contribution is -2.54. The van der Waals surface area contributed by atoms with Crippen LogP contribution in [0.25, 0.3) is 0 Å². The average molecular weight is 212 g/mol. The largest absolute Gasteiger partial charge is 0.324 e. The van der Waals surface area contributed by atoms with E-state index in [4.69, 9.17) is 5.73 Å². The molecule has 0 spiro atoms. The first-order chi connectivity index (χ1) is 6.79. The van der Waals surface area contributed by atoms with Crippen molar-refractivity contribution in [1.29, 1.82) is 0 Å². The number of nitrogens with zero attached hydrogens (tertiary/aromatic N) is 1. The SMILES string of the molecule is C=CCN(CC(N)(CC)CC)C(C)(C)C. The molecule has 90 valence electrons. The number of hydrogen-bond donors (Lipinski definition) is 1. The molecule has 0 rings (SSSR count). The van der Waals surface area contributed by atoms with Gasteiger partial charge in [-0.25, -0.2) is 0 Å². The number of hydrogen-bond acceptors (Lipinski definition) is 2. The van der Waals surface area contributed by atoms with Gasteiger partial charge < -0.3 is 5.73 Å². The average Bonchev–Trinajstić information content (AvgIpc) is 2.15. The summed E-state index contributed by atoms with van der Waals surface area (Å²) in [6.07, 6.45) is 4.00. The third-order valence-corrected chi connectivity index (χ3v) is 3.21. The molecule has 2 N–H and O–H groups in total. The van der Waals surface area contributed by atoms with Crippen molar-refractivity contribution < 1.29 is 0 Å². The summed E-state index contributed by atoms with van der Waals surface area (Å²) in [5.41, 5.74) is 6.45. The third kappa shape index (κ3) is 4.80. The van der Waals surface area contributed by atoms with Gasteiger partial charge in [0.05, 0.1) is 0 Å². The molecule has 0 aliphatic rings. The molecule has 0 aromatic heterocycles. The van der Waals surface area contributed by atoms with Gasteiger partial charge in [-0.3, -0.25) is 4.90 Å². The van der Waals surface area contributed by atoms with Gasteiger partial charge in [0.15, 0.2) is 0 Å². The minimum atomic E-state index is -0.0592. The van der Waals surface area contributed by atoms with E-state index in [-0.39, 0.29) is 11.1 Å². The minimum Gasteiger partial charge on any atom is -0.324 e. The zero-order valence-electron chi connectivity index (χ0n) is 11.1. The topological polar surface area (TPSA) is 29.3 Å². The highest BCUT2D eigenvalue weighted by Gasteiger charge is 2.28. The summed E-state index contributed by atoms with van der Waals surface area (Å²) in [5.74, 6) is 0. The van der Waals surface area contributed by atoms with Crippen LogP contribution < -0.4 is 5.73 Å². The lowest BCUT2D eigenvalue weighted by Gasteiger charge is -2.41. The molecule has 0 saturated carbocycles. The lowest BCUT2D eigenvalue weighted by molar-refractivity contribution is 0.113. The van der Waals surface area contributed by atoms with Crippen LogP contribution in [-0.2, 0) is 0 Å². The summed E-state index contributed by atoms with van der Waals surface area (Å²) < 4.78 is 0. The predicted octanol–water partition coefficient (Wildman–Crippen LogP) is 2.79. The van der Waals surface area contributed by atoms with E-state index < -0.39 is 0 Å². The second kappa shape index (κ2) is 5.66. The molecule has 0 amide bonds. The zero-order chi connectivity index (χ0) is 12.1. The number of rotatable bonds is 6. The van der Waals surface area contributed by atoms with Crippen LogP contribution in [0, 0.1) is 0 Å². The molecule has 0 bridgehead atoms. The molecule has 0 aromatic rings. The Morgan fingerprint density at radius 3 is 1.93 bits per heavy atom.